The van der Waals surface area contributed by atoms with Crippen LogP contribution in [-0.2, 0) is 4.79 Å². The van der Waals surface area contributed by atoms with E-state index in [1.807, 2.05) is 18.0 Å². The molecule has 1 heterocycles. The molecule has 1 aromatic rings. The minimum atomic E-state index is -0.170. The molecule has 1 aromatic carbocycles. The molecule has 0 aromatic heterocycles. The van der Waals surface area contributed by atoms with Gasteiger partial charge in [-0.15, -0.1) is 0 Å². The van der Waals surface area contributed by atoms with Gasteiger partial charge in [-0.2, -0.15) is 0 Å². The van der Waals surface area contributed by atoms with Gasteiger partial charge in [-0.05, 0) is 19.1 Å². The van der Waals surface area contributed by atoms with Crippen molar-refractivity contribution in [3.63, 3.8) is 0 Å². The van der Waals surface area contributed by atoms with Crippen LogP contribution in [0.15, 0.2) is 18.2 Å². The van der Waals surface area contributed by atoms with Crippen LogP contribution in [0.1, 0.15) is 18.4 Å². The fourth-order valence-electron chi connectivity index (χ4n) is 2.03. The number of anilines is 1. The lowest BCUT2D eigenvalue weighted by Gasteiger charge is -2.11. The first kappa shape index (κ1) is 9.06. The summed E-state index contributed by atoms with van der Waals surface area (Å²) >= 11 is 0. The first-order chi connectivity index (χ1) is 6.61. The number of hydrogen-bond acceptors (Lipinski definition) is 3. The number of aromatic hydroxyl groups is 1. The number of carbonyl (C=O) groups is 1. The molecule has 0 aliphatic carbocycles. The summed E-state index contributed by atoms with van der Waals surface area (Å²) in [5.41, 5.74) is 1.74. The fourth-order valence-corrected chi connectivity index (χ4v) is 2.03. The van der Waals surface area contributed by atoms with E-state index >= 15 is 0 Å². The molecule has 2 rings (SSSR count). The minimum Gasteiger partial charge on any atom is -0.508 e. The molecule has 3 nitrogen and oxygen atoms in total. The van der Waals surface area contributed by atoms with Crippen LogP contribution >= 0.6 is 0 Å². The second-order valence-electron chi connectivity index (χ2n) is 3.75. The summed E-state index contributed by atoms with van der Waals surface area (Å²) in [6.45, 7) is 2.24. The topological polar surface area (TPSA) is 40.5 Å². The first-order valence-electron chi connectivity index (χ1n) is 4.64. The van der Waals surface area contributed by atoms with Gasteiger partial charge in [0.1, 0.15) is 11.5 Å². The number of hydrogen-bond donors (Lipinski definition) is 1. The van der Waals surface area contributed by atoms with Gasteiger partial charge in [0.2, 0.25) is 0 Å². The number of nitrogens with zero attached hydrogens (tertiary/aromatic N) is 1. The third kappa shape index (κ3) is 1.16. The predicted octanol–water partition coefficient (Wildman–Crippen LogP) is 1.51. The SMILES string of the molecule is CC(=O)C1CN(C)c2cccc(O)c21. The number of phenols is 1. The van der Waals surface area contributed by atoms with E-state index in [0.29, 0.717) is 6.54 Å². The van der Waals surface area contributed by atoms with E-state index in [4.69, 9.17) is 0 Å². The van der Waals surface area contributed by atoms with Crippen molar-refractivity contribution in [2.45, 2.75) is 12.8 Å². The zero-order valence-electron chi connectivity index (χ0n) is 8.32. The average Bonchev–Trinajstić information content (AvgIpc) is 2.46. The van der Waals surface area contributed by atoms with Gasteiger partial charge in [-0.25, -0.2) is 0 Å². The lowest BCUT2D eigenvalue weighted by molar-refractivity contribution is -0.118. The molecule has 3 heteroatoms. The number of ketones is 1. The summed E-state index contributed by atoms with van der Waals surface area (Å²) in [5, 5.41) is 9.69. The molecule has 1 unspecified atom stereocenters. The Bertz CT molecular complexity index is 387. The van der Waals surface area contributed by atoms with Gasteiger partial charge in [-0.3, -0.25) is 4.79 Å². The Kier molecular flexibility index (Phi) is 1.95. The van der Waals surface area contributed by atoms with Gasteiger partial charge < -0.3 is 10.0 Å². The molecule has 74 valence electrons. The Balaban J connectivity index is 2.56. The summed E-state index contributed by atoms with van der Waals surface area (Å²) in [6.07, 6.45) is 0. The number of likely N-dealkylation sites (N-methyl/N-ethyl adjacent to an activating group) is 1. The van der Waals surface area contributed by atoms with Crippen LogP contribution in [0.3, 0.4) is 0 Å². The van der Waals surface area contributed by atoms with Crippen molar-refractivity contribution in [2.24, 2.45) is 0 Å². The van der Waals surface area contributed by atoms with E-state index in [1.54, 1.807) is 19.1 Å². The van der Waals surface area contributed by atoms with Crippen molar-refractivity contribution in [2.75, 3.05) is 18.5 Å². The maximum absolute atomic E-state index is 11.4. The molecule has 1 atom stereocenters. The summed E-state index contributed by atoms with van der Waals surface area (Å²) in [5.74, 6) is 0.167. The van der Waals surface area contributed by atoms with Crippen molar-refractivity contribution in [3.05, 3.63) is 23.8 Å². The largest absolute Gasteiger partial charge is 0.508 e. The van der Waals surface area contributed by atoms with Crippen molar-refractivity contribution in [1.29, 1.82) is 0 Å². The quantitative estimate of drug-likeness (QED) is 0.731. The molecule has 0 radical (unpaired) electrons. The van der Waals surface area contributed by atoms with Gasteiger partial charge in [0.15, 0.2) is 0 Å². The van der Waals surface area contributed by atoms with Crippen molar-refractivity contribution in [1.82, 2.24) is 0 Å². The Hall–Kier alpha value is -1.51. The van der Waals surface area contributed by atoms with Gasteiger partial charge in [-0.1, -0.05) is 6.07 Å². The second kappa shape index (κ2) is 3.01. The van der Waals surface area contributed by atoms with E-state index < -0.39 is 0 Å². The number of phenolic OH excluding ortho intramolecular Hbond substituents is 1. The summed E-state index contributed by atoms with van der Waals surface area (Å²) in [7, 11) is 1.93. The van der Waals surface area contributed by atoms with Gasteiger partial charge in [0.05, 0.1) is 5.92 Å². The average molecular weight is 191 g/mol. The third-order valence-corrected chi connectivity index (χ3v) is 2.77. The Morgan fingerprint density at radius 1 is 1.57 bits per heavy atom. The first-order valence-corrected chi connectivity index (χ1v) is 4.64. The van der Waals surface area contributed by atoms with Crippen molar-refractivity contribution < 1.29 is 9.90 Å². The maximum Gasteiger partial charge on any atom is 0.139 e. The lowest BCUT2D eigenvalue weighted by Crippen LogP contribution is -2.18. The Morgan fingerprint density at radius 3 is 2.93 bits per heavy atom. The van der Waals surface area contributed by atoms with Crippen LogP contribution in [0.2, 0.25) is 0 Å². The summed E-state index contributed by atoms with van der Waals surface area (Å²) in [4.78, 5) is 13.4. The number of benzene rings is 1. The van der Waals surface area contributed by atoms with Gasteiger partial charge in [0.25, 0.3) is 0 Å². The molecular weight excluding hydrogens is 178 g/mol. The van der Waals surface area contributed by atoms with Crippen LogP contribution in [0, 0.1) is 0 Å². The van der Waals surface area contributed by atoms with Crippen molar-refractivity contribution >= 4 is 11.5 Å². The van der Waals surface area contributed by atoms with Crippen LogP contribution in [-0.4, -0.2) is 24.5 Å². The second-order valence-corrected chi connectivity index (χ2v) is 3.75. The van der Waals surface area contributed by atoms with Crippen LogP contribution < -0.4 is 4.90 Å². The van der Waals surface area contributed by atoms with E-state index in [9.17, 15) is 9.90 Å². The molecule has 0 spiro atoms. The van der Waals surface area contributed by atoms with E-state index in [1.165, 1.54) is 0 Å². The number of carbonyl (C=O) groups excluding carboxylic acids is 1. The number of fused-ring (bicyclic) bond motifs is 1. The maximum atomic E-state index is 11.4. The molecule has 0 bridgehead atoms. The van der Waals surface area contributed by atoms with Gasteiger partial charge >= 0.3 is 0 Å². The predicted molar refractivity (Wildman–Crippen MR) is 54.8 cm³/mol. The molecule has 0 saturated carbocycles. The van der Waals surface area contributed by atoms with Gasteiger partial charge in [0, 0.05) is 24.8 Å². The van der Waals surface area contributed by atoms with Crippen LogP contribution in [0.25, 0.3) is 0 Å². The monoisotopic (exact) mass is 191 g/mol. The Morgan fingerprint density at radius 2 is 2.29 bits per heavy atom. The normalized spacial score (nSPS) is 19.6. The minimum absolute atomic E-state index is 0.108. The molecule has 1 N–H and O–H groups in total. The van der Waals surface area contributed by atoms with Crippen molar-refractivity contribution in [3.8, 4) is 5.75 Å². The summed E-state index contributed by atoms with van der Waals surface area (Å²) < 4.78 is 0. The molecule has 0 amide bonds. The smallest absolute Gasteiger partial charge is 0.139 e. The molecule has 0 fully saturated rings. The Labute approximate surface area is 83.0 Å². The summed E-state index contributed by atoms with van der Waals surface area (Å²) in [6, 6.07) is 5.36. The molecule has 1 aliphatic heterocycles. The zero-order chi connectivity index (χ0) is 10.3. The van der Waals surface area contributed by atoms with E-state index in [0.717, 1.165) is 11.3 Å². The molecule has 1 aliphatic rings. The number of Topliss-reactive ketones (excluding diaryl/α,β-unsaturated/α-hetero) is 1. The third-order valence-electron chi connectivity index (χ3n) is 2.77. The molecular formula is C11H13NO2. The fraction of sp³-hybridized carbons (Fsp3) is 0.364. The highest BCUT2D eigenvalue weighted by molar-refractivity contribution is 5.89. The van der Waals surface area contributed by atoms with E-state index in [2.05, 4.69) is 0 Å². The zero-order valence-corrected chi connectivity index (χ0v) is 8.32. The highest BCUT2D eigenvalue weighted by atomic mass is 16.3. The molecule has 14 heavy (non-hydrogen) atoms. The van der Waals surface area contributed by atoms with E-state index in [-0.39, 0.29) is 17.5 Å². The standard InChI is InChI=1S/C11H13NO2/c1-7(13)8-6-12(2)9-4-3-5-10(14)11(8)9/h3-5,8,14H,6H2,1-2H3. The number of rotatable bonds is 1. The van der Waals surface area contributed by atoms with Crippen LogP contribution in [0.5, 0.6) is 5.75 Å². The highest BCUT2D eigenvalue weighted by Crippen LogP contribution is 2.41. The van der Waals surface area contributed by atoms with Crippen LogP contribution in [0.4, 0.5) is 5.69 Å². The highest BCUT2D eigenvalue weighted by Gasteiger charge is 2.31. The lowest BCUT2D eigenvalue weighted by atomic mass is 9.97. The molecule has 0 saturated heterocycles.